The van der Waals surface area contributed by atoms with Crippen molar-refractivity contribution in [1.29, 1.82) is 0 Å². The third kappa shape index (κ3) is 6.50. The fourth-order valence-corrected chi connectivity index (χ4v) is 3.01. The summed E-state index contributed by atoms with van der Waals surface area (Å²) in [6.07, 6.45) is 0. The average molecular weight is 375 g/mol. The molecule has 0 heterocycles. The van der Waals surface area contributed by atoms with Gasteiger partial charge in [-0.15, -0.1) is 11.8 Å². The van der Waals surface area contributed by atoms with Crippen LogP contribution in [-0.4, -0.2) is 23.2 Å². The summed E-state index contributed by atoms with van der Waals surface area (Å²) in [6, 6.07) is 5.22. The highest BCUT2D eigenvalue weighted by Crippen LogP contribution is 2.23. The van der Waals surface area contributed by atoms with Crippen molar-refractivity contribution >= 4 is 39.6 Å². The molecule has 0 aliphatic carbocycles. The van der Waals surface area contributed by atoms with Crippen LogP contribution in [0.25, 0.3) is 0 Å². The van der Waals surface area contributed by atoms with Gasteiger partial charge in [-0.05, 0) is 38.5 Å². The van der Waals surface area contributed by atoms with Gasteiger partial charge in [0.05, 0.1) is 5.75 Å². The molecule has 0 aliphatic rings. The normalized spacial score (nSPS) is 11.1. The number of nitrogens with one attached hydrogen (secondary N) is 1. The van der Waals surface area contributed by atoms with Gasteiger partial charge in [-0.2, -0.15) is 0 Å². The molecular formula is C14H19BrN2O3S. The molecule has 0 bridgehead atoms. The van der Waals surface area contributed by atoms with Crippen LogP contribution in [0.5, 0.6) is 0 Å². The summed E-state index contributed by atoms with van der Waals surface area (Å²) in [5.74, 6) is 5.44. The van der Waals surface area contributed by atoms with E-state index in [1.165, 1.54) is 11.8 Å². The number of thioether (sulfide) groups is 1. The molecule has 1 amide bonds. The van der Waals surface area contributed by atoms with Crippen LogP contribution in [-0.2, 0) is 15.3 Å². The van der Waals surface area contributed by atoms with Gasteiger partial charge in [0.15, 0.2) is 0 Å². The minimum absolute atomic E-state index is 0.234. The molecule has 0 atom stereocenters. The van der Waals surface area contributed by atoms with Gasteiger partial charge < -0.3 is 4.74 Å². The zero-order valence-corrected chi connectivity index (χ0v) is 14.6. The van der Waals surface area contributed by atoms with Crippen molar-refractivity contribution in [3.63, 3.8) is 0 Å². The van der Waals surface area contributed by atoms with Crippen molar-refractivity contribution in [3.8, 4) is 0 Å². The minimum atomic E-state index is -0.463. The number of esters is 1. The molecule has 3 N–H and O–H groups in total. The van der Waals surface area contributed by atoms with E-state index in [-0.39, 0.29) is 17.6 Å². The van der Waals surface area contributed by atoms with Gasteiger partial charge in [-0.1, -0.05) is 22.0 Å². The summed E-state index contributed by atoms with van der Waals surface area (Å²) >= 11 is 4.87. The quantitative estimate of drug-likeness (QED) is 0.358. The van der Waals surface area contributed by atoms with Gasteiger partial charge >= 0.3 is 5.97 Å². The summed E-state index contributed by atoms with van der Waals surface area (Å²) in [4.78, 5) is 23.0. The molecule has 0 radical (unpaired) electrons. The number of benzene rings is 1. The molecule has 0 saturated carbocycles. The van der Waals surface area contributed by atoms with E-state index < -0.39 is 5.60 Å². The minimum Gasteiger partial charge on any atom is -0.459 e. The zero-order valence-electron chi connectivity index (χ0n) is 12.2. The maximum absolute atomic E-state index is 11.6. The monoisotopic (exact) mass is 374 g/mol. The summed E-state index contributed by atoms with van der Waals surface area (Å²) in [6.45, 7) is 5.52. The van der Waals surface area contributed by atoms with Crippen molar-refractivity contribution in [3.05, 3.63) is 33.8 Å². The highest BCUT2D eigenvalue weighted by molar-refractivity contribution is 9.10. The lowest BCUT2D eigenvalue weighted by Gasteiger charge is -2.19. The van der Waals surface area contributed by atoms with Crippen molar-refractivity contribution in [2.45, 2.75) is 32.1 Å². The van der Waals surface area contributed by atoms with E-state index in [0.717, 1.165) is 10.0 Å². The van der Waals surface area contributed by atoms with Gasteiger partial charge in [0.1, 0.15) is 5.60 Å². The van der Waals surface area contributed by atoms with E-state index in [2.05, 4.69) is 21.4 Å². The lowest BCUT2D eigenvalue weighted by molar-refractivity contribution is -0.151. The maximum Gasteiger partial charge on any atom is 0.316 e. The number of halogens is 1. The lowest BCUT2D eigenvalue weighted by Crippen LogP contribution is -2.29. The topological polar surface area (TPSA) is 81.4 Å². The van der Waals surface area contributed by atoms with Crippen LogP contribution >= 0.6 is 27.7 Å². The molecule has 0 aliphatic heterocycles. The lowest BCUT2D eigenvalue weighted by atomic mass is 10.1. The average Bonchev–Trinajstić information content (AvgIpc) is 2.37. The Balaban J connectivity index is 2.53. The molecule has 1 aromatic carbocycles. The Morgan fingerprint density at radius 2 is 2.05 bits per heavy atom. The van der Waals surface area contributed by atoms with Crippen LogP contribution in [0, 0.1) is 0 Å². The highest BCUT2D eigenvalue weighted by atomic mass is 79.9. The van der Waals surface area contributed by atoms with Crippen LogP contribution in [0.3, 0.4) is 0 Å². The Kier molecular flexibility index (Phi) is 6.70. The number of carbonyl (C=O) groups excluding carboxylic acids is 2. The molecule has 0 unspecified atom stereocenters. The van der Waals surface area contributed by atoms with E-state index >= 15 is 0 Å². The van der Waals surface area contributed by atoms with E-state index in [1.54, 1.807) is 12.1 Å². The van der Waals surface area contributed by atoms with E-state index in [4.69, 9.17) is 10.6 Å². The number of carbonyl (C=O) groups is 2. The SMILES string of the molecule is CC(C)(C)OC(=O)CSCc1ccc(C(=O)NN)cc1Br. The standard InChI is InChI=1S/C14H19BrN2O3S/c1-14(2,3)20-12(18)8-21-7-10-5-4-9(6-11(10)15)13(19)17-16/h4-6H,7-8,16H2,1-3H3,(H,17,19). The smallest absolute Gasteiger partial charge is 0.316 e. The van der Waals surface area contributed by atoms with Gasteiger partial charge in [-0.25, -0.2) is 5.84 Å². The fourth-order valence-electron chi connectivity index (χ4n) is 1.50. The van der Waals surface area contributed by atoms with E-state index in [1.807, 2.05) is 26.8 Å². The first-order valence-electron chi connectivity index (χ1n) is 6.32. The van der Waals surface area contributed by atoms with Crippen LogP contribution in [0.15, 0.2) is 22.7 Å². The number of hydrogen-bond donors (Lipinski definition) is 2. The van der Waals surface area contributed by atoms with Crippen molar-refractivity contribution in [2.75, 3.05) is 5.75 Å². The number of ether oxygens (including phenoxy) is 1. The highest BCUT2D eigenvalue weighted by Gasteiger charge is 2.16. The molecule has 0 saturated heterocycles. The Morgan fingerprint density at radius 3 is 2.57 bits per heavy atom. The molecule has 0 aromatic heterocycles. The molecule has 7 heteroatoms. The first-order chi connectivity index (χ1) is 9.73. The molecular weight excluding hydrogens is 356 g/mol. The van der Waals surface area contributed by atoms with Crippen LogP contribution in [0.4, 0.5) is 0 Å². The summed E-state index contributed by atoms with van der Waals surface area (Å²) in [5.41, 5.74) is 3.09. The molecule has 1 aromatic rings. The Morgan fingerprint density at radius 1 is 1.38 bits per heavy atom. The molecule has 1 rings (SSSR count). The molecule has 5 nitrogen and oxygen atoms in total. The summed E-state index contributed by atoms with van der Waals surface area (Å²) in [5, 5.41) is 0. The zero-order chi connectivity index (χ0) is 16.0. The molecule has 0 fully saturated rings. The third-order valence-electron chi connectivity index (χ3n) is 2.34. The van der Waals surface area contributed by atoms with Crippen LogP contribution in [0.1, 0.15) is 36.7 Å². The van der Waals surface area contributed by atoms with Gasteiger partial charge in [-0.3, -0.25) is 15.0 Å². The second kappa shape index (κ2) is 7.82. The second-order valence-corrected chi connectivity index (χ2v) is 7.20. The Bertz CT molecular complexity index is 529. The van der Waals surface area contributed by atoms with Gasteiger partial charge in [0.25, 0.3) is 5.91 Å². The fraction of sp³-hybridized carbons (Fsp3) is 0.429. The number of hydrogen-bond acceptors (Lipinski definition) is 5. The number of amides is 1. The van der Waals surface area contributed by atoms with Crippen LogP contribution in [0.2, 0.25) is 0 Å². The third-order valence-corrected chi connectivity index (χ3v) is 4.04. The predicted octanol–water partition coefficient (Wildman–Crippen LogP) is 2.63. The van der Waals surface area contributed by atoms with Crippen molar-refractivity contribution in [2.24, 2.45) is 5.84 Å². The first kappa shape index (κ1) is 18.0. The molecule has 0 spiro atoms. The molecule has 116 valence electrons. The maximum atomic E-state index is 11.6. The summed E-state index contributed by atoms with van der Waals surface area (Å²) in [7, 11) is 0. The van der Waals surface area contributed by atoms with Crippen molar-refractivity contribution in [1.82, 2.24) is 5.43 Å². The van der Waals surface area contributed by atoms with E-state index in [0.29, 0.717) is 11.3 Å². The number of nitrogens with two attached hydrogens (primary N) is 1. The Labute approximate surface area is 137 Å². The largest absolute Gasteiger partial charge is 0.459 e. The predicted molar refractivity (Wildman–Crippen MR) is 87.8 cm³/mol. The van der Waals surface area contributed by atoms with Gasteiger partial charge in [0, 0.05) is 15.8 Å². The first-order valence-corrected chi connectivity index (χ1v) is 8.26. The second-order valence-electron chi connectivity index (χ2n) is 5.36. The Hall–Kier alpha value is -1.05. The van der Waals surface area contributed by atoms with Gasteiger partial charge in [0.2, 0.25) is 0 Å². The summed E-state index contributed by atoms with van der Waals surface area (Å²) < 4.78 is 6.04. The number of rotatable bonds is 5. The van der Waals surface area contributed by atoms with Crippen LogP contribution < -0.4 is 11.3 Å². The van der Waals surface area contributed by atoms with Crippen molar-refractivity contribution < 1.29 is 14.3 Å². The number of hydrazine groups is 1. The van der Waals surface area contributed by atoms with E-state index in [9.17, 15) is 9.59 Å². The molecule has 21 heavy (non-hydrogen) atoms. The number of nitrogen functional groups attached to an aromatic ring is 1.